The maximum absolute atomic E-state index is 11.4. The Balaban J connectivity index is 2.65. The molecular formula is C11H10N2O2S. The van der Waals surface area contributed by atoms with Crippen LogP contribution in [0.1, 0.15) is 16.1 Å². The van der Waals surface area contributed by atoms with Crippen molar-refractivity contribution in [1.82, 2.24) is 4.98 Å². The second-order valence-electron chi connectivity index (χ2n) is 3.21. The van der Waals surface area contributed by atoms with Crippen LogP contribution in [0.25, 0.3) is 11.1 Å². The predicted octanol–water partition coefficient (Wildman–Crippen LogP) is 1.40. The summed E-state index contributed by atoms with van der Waals surface area (Å²) in [5.74, 6) is -0.571. The summed E-state index contributed by atoms with van der Waals surface area (Å²) in [6.45, 7) is -0.295. The highest BCUT2D eigenvalue weighted by molar-refractivity contribution is 7.08. The van der Waals surface area contributed by atoms with E-state index >= 15 is 0 Å². The maximum atomic E-state index is 11.4. The van der Waals surface area contributed by atoms with Crippen LogP contribution in [0.15, 0.2) is 29.1 Å². The van der Waals surface area contributed by atoms with Crippen molar-refractivity contribution < 1.29 is 9.90 Å². The lowest BCUT2D eigenvalue weighted by Crippen LogP contribution is -2.16. The molecular weight excluding hydrogens is 224 g/mol. The van der Waals surface area contributed by atoms with Crippen LogP contribution in [0.5, 0.6) is 0 Å². The van der Waals surface area contributed by atoms with Crippen LogP contribution < -0.4 is 5.73 Å². The van der Waals surface area contributed by atoms with Crippen molar-refractivity contribution in [2.75, 3.05) is 0 Å². The summed E-state index contributed by atoms with van der Waals surface area (Å²) in [6, 6.07) is 3.62. The number of hydrogen-bond donors (Lipinski definition) is 2. The fraction of sp³-hybridized carbons (Fsp3) is 0.0909. The van der Waals surface area contributed by atoms with Gasteiger partial charge in [0, 0.05) is 6.20 Å². The molecule has 0 unspecified atom stereocenters. The zero-order valence-electron chi connectivity index (χ0n) is 8.38. The number of aliphatic hydroxyl groups is 1. The van der Waals surface area contributed by atoms with Gasteiger partial charge in [-0.15, -0.1) is 0 Å². The first-order valence-corrected chi connectivity index (χ1v) is 5.59. The molecule has 5 heteroatoms. The van der Waals surface area contributed by atoms with Crippen molar-refractivity contribution in [3.05, 3.63) is 40.3 Å². The molecule has 0 aliphatic rings. The number of hydrogen-bond acceptors (Lipinski definition) is 4. The zero-order chi connectivity index (χ0) is 11.5. The summed E-state index contributed by atoms with van der Waals surface area (Å²) in [6.07, 6.45) is 1.56. The van der Waals surface area contributed by atoms with Crippen molar-refractivity contribution in [1.29, 1.82) is 0 Å². The molecule has 0 saturated carbocycles. The van der Waals surface area contributed by atoms with Gasteiger partial charge in [-0.3, -0.25) is 9.78 Å². The molecule has 0 saturated heterocycles. The first-order valence-electron chi connectivity index (χ1n) is 4.65. The molecule has 0 aliphatic heterocycles. The number of amides is 1. The zero-order valence-corrected chi connectivity index (χ0v) is 9.20. The fourth-order valence-electron chi connectivity index (χ4n) is 1.56. The molecule has 0 aliphatic carbocycles. The maximum Gasteiger partial charge on any atom is 0.251 e. The topological polar surface area (TPSA) is 76.2 Å². The standard InChI is InChI=1S/C11H10N2O2S/c12-11(15)10-8(7-2-4-16-6-7)1-3-13-9(10)5-14/h1-4,6,14H,5H2,(H2,12,15). The molecule has 16 heavy (non-hydrogen) atoms. The number of thiophene rings is 1. The quantitative estimate of drug-likeness (QED) is 0.842. The summed E-state index contributed by atoms with van der Waals surface area (Å²) in [4.78, 5) is 15.3. The van der Waals surface area contributed by atoms with Crippen LogP contribution in [0.3, 0.4) is 0 Å². The van der Waals surface area contributed by atoms with Gasteiger partial charge < -0.3 is 10.8 Å². The SMILES string of the molecule is NC(=O)c1c(-c2ccsc2)ccnc1CO. The smallest absolute Gasteiger partial charge is 0.251 e. The number of nitrogens with zero attached hydrogens (tertiary/aromatic N) is 1. The van der Waals surface area contributed by atoms with Crippen molar-refractivity contribution in [2.45, 2.75) is 6.61 Å². The average Bonchev–Trinajstić information content (AvgIpc) is 2.81. The number of pyridine rings is 1. The van der Waals surface area contributed by atoms with Gasteiger partial charge in [0.1, 0.15) is 0 Å². The molecule has 0 bridgehead atoms. The fourth-order valence-corrected chi connectivity index (χ4v) is 2.21. The van der Waals surface area contributed by atoms with Crippen LogP contribution in [-0.2, 0) is 6.61 Å². The molecule has 0 fully saturated rings. The third kappa shape index (κ3) is 1.82. The monoisotopic (exact) mass is 234 g/mol. The molecule has 2 aromatic rings. The average molecular weight is 234 g/mol. The van der Waals surface area contributed by atoms with E-state index in [1.165, 1.54) is 11.3 Å². The number of carbonyl (C=O) groups excluding carboxylic acids is 1. The highest BCUT2D eigenvalue weighted by Crippen LogP contribution is 2.26. The van der Waals surface area contributed by atoms with E-state index in [1.807, 2.05) is 16.8 Å². The normalized spacial score (nSPS) is 10.3. The lowest BCUT2D eigenvalue weighted by atomic mass is 10.0. The Labute approximate surface area is 96.4 Å². The van der Waals surface area contributed by atoms with Crippen LogP contribution in [0, 0.1) is 0 Å². The van der Waals surface area contributed by atoms with Crippen molar-refractivity contribution in [3.63, 3.8) is 0 Å². The van der Waals surface area contributed by atoms with Crippen molar-refractivity contribution in [3.8, 4) is 11.1 Å². The van der Waals surface area contributed by atoms with E-state index in [0.29, 0.717) is 16.8 Å². The summed E-state index contributed by atoms with van der Waals surface area (Å²) in [5.41, 5.74) is 7.55. The van der Waals surface area contributed by atoms with E-state index in [-0.39, 0.29) is 6.61 Å². The third-order valence-electron chi connectivity index (χ3n) is 2.26. The Morgan fingerprint density at radius 1 is 1.50 bits per heavy atom. The third-order valence-corrected chi connectivity index (χ3v) is 2.94. The molecule has 4 nitrogen and oxygen atoms in total. The Hall–Kier alpha value is -1.72. The lowest BCUT2D eigenvalue weighted by Gasteiger charge is -2.08. The number of aromatic nitrogens is 1. The van der Waals surface area contributed by atoms with Gasteiger partial charge in [-0.05, 0) is 34.0 Å². The van der Waals surface area contributed by atoms with E-state index in [0.717, 1.165) is 5.56 Å². The molecule has 1 amide bonds. The second-order valence-corrected chi connectivity index (χ2v) is 3.99. The number of primary amides is 1. The van der Waals surface area contributed by atoms with Gasteiger partial charge >= 0.3 is 0 Å². The summed E-state index contributed by atoms with van der Waals surface area (Å²) in [5, 5.41) is 13.0. The Bertz CT molecular complexity index is 509. The Kier molecular flexibility index (Phi) is 2.98. The van der Waals surface area contributed by atoms with Crippen LogP contribution in [-0.4, -0.2) is 16.0 Å². The van der Waals surface area contributed by atoms with Crippen LogP contribution in [0.2, 0.25) is 0 Å². The van der Waals surface area contributed by atoms with Crippen molar-refractivity contribution >= 4 is 17.2 Å². The van der Waals surface area contributed by atoms with Gasteiger partial charge in [-0.1, -0.05) is 0 Å². The number of aliphatic hydroxyl groups excluding tert-OH is 1. The van der Waals surface area contributed by atoms with E-state index in [1.54, 1.807) is 12.3 Å². The minimum Gasteiger partial charge on any atom is -0.390 e. The highest BCUT2D eigenvalue weighted by Gasteiger charge is 2.15. The largest absolute Gasteiger partial charge is 0.390 e. The number of rotatable bonds is 3. The molecule has 2 aromatic heterocycles. The van der Waals surface area contributed by atoms with E-state index < -0.39 is 5.91 Å². The minimum absolute atomic E-state index is 0.295. The van der Waals surface area contributed by atoms with E-state index in [4.69, 9.17) is 10.8 Å². The summed E-state index contributed by atoms with van der Waals surface area (Å²) < 4.78 is 0. The summed E-state index contributed by atoms with van der Waals surface area (Å²) in [7, 11) is 0. The molecule has 2 rings (SSSR count). The highest BCUT2D eigenvalue weighted by atomic mass is 32.1. The first-order chi connectivity index (χ1) is 7.74. The van der Waals surface area contributed by atoms with E-state index in [2.05, 4.69) is 4.98 Å². The molecule has 0 aromatic carbocycles. The molecule has 0 spiro atoms. The van der Waals surface area contributed by atoms with E-state index in [9.17, 15) is 4.79 Å². The minimum atomic E-state index is -0.571. The second kappa shape index (κ2) is 4.42. The van der Waals surface area contributed by atoms with Crippen LogP contribution in [0.4, 0.5) is 0 Å². The first kappa shape index (κ1) is 10.8. The molecule has 2 heterocycles. The molecule has 0 atom stereocenters. The van der Waals surface area contributed by atoms with Crippen molar-refractivity contribution in [2.24, 2.45) is 5.73 Å². The van der Waals surface area contributed by atoms with Crippen LogP contribution >= 0.6 is 11.3 Å². The summed E-state index contributed by atoms with van der Waals surface area (Å²) >= 11 is 1.53. The van der Waals surface area contributed by atoms with Gasteiger partial charge in [0.25, 0.3) is 5.91 Å². The lowest BCUT2D eigenvalue weighted by molar-refractivity contribution is 0.0997. The Morgan fingerprint density at radius 3 is 2.88 bits per heavy atom. The van der Waals surface area contributed by atoms with Gasteiger partial charge in [0.2, 0.25) is 0 Å². The Morgan fingerprint density at radius 2 is 2.31 bits per heavy atom. The predicted molar refractivity (Wildman–Crippen MR) is 62.0 cm³/mol. The van der Waals surface area contributed by atoms with Gasteiger partial charge in [-0.2, -0.15) is 11.3 Å². The van der Waals surface area contributed by atoms with Gasteiger partial charge in [-0.25, -0.2) is 0 Å². The number of carbonyl (C=O) groups is 1. The molecule has 82 valence electrons. The molecule has 3 N–H and O–H groups in total. The number of nitrogens with two attached hydrogens (primary N) is 1. The van der Waals surface area contributed by atoms with Gasteiger partial charge in [0.15, 0.2) is 0 Å². The molecule has 0 radical (unpaired) electrons. The van der Waals surface area contributed by atoms with Gasteiger partial charge in [0.05, 0.1) is 17.9 Å².